The zero-order valence-corrected chi connectivity index (χ0v) is 17.0. The Morgan fingerprint density at radius 2 is 1.87 bits per heavy atom. The number of ether oxygens (including phenoxy) is 1. The van der Waals surface area contributed by atoms with Gasteiger partial charge < -0.3 is 19.9 Å². The molecule has 30 heavy (non-hydrogen) atoms. The average Bonchev–Trinajstić information content (AvgIpc) is 3.22. The highest BCUT2D eigenvalue weighted by atomic mass is 16.6. The second-order valence-corrected chi connectivity index (χ2v) is 8.26. The van der Waals surface area contributed by atoms with E-state index in [4.69, 9.17) is 4.74 Å². The van der Waals surface area contributed by atoms with E-state index >= 15 is 0 Å². The van der Waals surface area contributed by atoms with Crippen molar-refractivity contribution in [2.45, 2.75) is 31.3 Å². The van der Waals surface area contributed by atoms with Crippen LogP contribution in [0.1, 0.15) is 31.2 Å². The number of benzene rings is 1. The molecule has 3 saturated heterocycles. The van der Waals surface area contributed by atoms with Crippen LogP contribution in [0.15, 0.2) is 30.3 Å². The molecule has 0 radical (unpaired) electrons. The zero-order chi connectivity index (χ0) is 21.3. The number of likely N-dealkylation sites (tertiary alicyclic amines) is 1. The number of rotatable bonds is 5. The molecule has 3 aliphatic rings. The number of piperidine rings is 1. The summed E-state index contributed by atoms with van der Waals surface area (Å²) in [6.07, 6.45) is 0.777. The van der Waals surface area contributed by atoms with Crippen molar-refractivity contribution in [3.8, 4) is 0 Å². The first-order valence-corrected chi connectivity index (χ1v) is 10.3. The molecule has 4 rings (SSSR count). The minimum Gasteiger partial charge on any atom is -0.441 e. The van der Waals surface area contributed by atoms with Gasteiger partial charge in [0, 0.05) is 32.5 Å². The third-order valence-corrected chi connectivity index (χ3v) is 6.16. The number of hydrogen-bond acceptors (Lipinski definition) is 5. The molecular weight excluding hydrogens is 388 g/mol. The highest BCUT2D eigenvalue weighted by Gasteiger charge is 2.48. The molecule has 1 aromatic rings. The second kappa shape index (κ2) is 7.97. The molecule has 1 N–H and O–H groups in total. The van der Waals surface area contributed by atoms with Crippen LogP contribution in [0.3, 0.4) is 0 Å². The number of hydrogen-bond donors (Lipinski definition) is 1. The van der Waals surface area contributed by atoms with Gasteiger partial charge in [0.05, 0.1) is 13.1 Å². The van der Waals surface area contributed by atoms with Crippen molar-refractivity contribution in [3.63, 3.8) is 0 Å². The molecule has 3 heterocycles. The first kappa shape index (κ1) is 20.2. The predicted octanol–water partition coefficient (Wildman–Crippen LogP) is 1.16. The minimum atomic E-state index is -0.578. The molecule has 5 amide bonds. The van der Waals surface area contributed by atoms with Crippen molar-refractivity contribution >= 4 is 23.9 Å². The smallest absolute Gasteiger partial charge is 0.410 e. The van der Waals surface area contributed by atoms with E-state index in [0.717, 1.165) is 4.90 Å². The Kier molecular flexibility index (Phi) is 5.36. The normalized spacial score (nSPS) is 21.8. The highest BCUT2D eigenvalue weighted by Crippen LogP contribution is 2.34. The van der Waals surface area contributed by atoms with Crippen molar-refractivity contribution < 1.29 is 23.9 Å². The fourth-order valence-corrected chi connectivity index (χ4v) is 4.33. The summed E-state index contributed by atoms with van der Waals surface area (Å²) in [7, 11) is 0. The Labute approximate surface area is 174 Å². The molecule has 0 aromatic heterocycles. The van der Waals surface area contributed by atoms with Crippen LogP contribution in [0.2, 0.25) is 0 Å². The molecule has 9 nitrogen and oxygen atoms in total. The topological polar surface area (TPSA) is 99.3 Å². The predicted molar refractivity (Wildman–Crippen MR) is 107 cm³/mol. The number of nitrogens with one attached hydrogen (secondary N) is 1. The maximum absolute atomic E-state index is 12.5. The summed E-state index contributed by atoms with van der Waals surface area (Å²) in [6.45, 7) is 3.72. The maximum Gasteiger partial charge on any atom is 0.410 e. The maximum atomic E-state index is 12.5. The van der Waals surface area contributed by atoms with Crippen molar-refractivity contribution in [1.82, 2.24) is 20.0 Å². The number of nitrogens with zero attached hydrogens (tertiary/aromatic N) is 3. The van der Waals surface area contributed by atoms with Gasteiger partial charge in [-0.1, -0.05) is 37.3 Å². The standard InChI is InChI=1S/C21H26N4O5/c1-15(16-5-3-2-4-6-16)12-24-14-21(30-20(24)29)7-9-23(10-8-21)18(27)13-25-17(26)11-22-19(25)28/h2-6,15H,7-14H2,1H3,(H,22,28)/t15-/m1/s1. The second-order valence-electron chi connectivity index (χ2n) is 8.26. The molecule has 160 valence electrons. The fraction of sp³-hybridized carbons (Fsp3) is 0.524. The summed E-state index contributed by atoms with van der Waals surface area (Å²) in [5.41, 5.74) is 0.595. The molecule has 9 heteroatoms. The Bertz CT molecular complexity index is 834. The summed E-state index contributed by atoms with van der Waals surface area (Å²) >= 11 is 0. The van der Waals surface area contributed by atoms with E-state index in [1.165, 1.54) is 5.56 Å². The van der Waals surface area contributed by atoms with Crippen molar-refractivity contribution in [2.24, 2.45) is 0 Å². The Hall–Kier alpha value is -3.10. The van der Waals surface area contributed by atoms with Gasteiger partial charge in [0.25, 0.3) is 5.91 Å². The van der Waals surface area contributed by atoms with E-state index in [0.29, 0.717) is 39.0 Å². The summed E-state index contributed by atoms with van der Waals surface area (Å²) in [6, 6.07) is 9.52. The SMILES string of the molecule is C[C@H](CN1CC2(CCN(C(=O)CN3C(=O)CNC3=O)CC2)OC1=O)c1ccccc1. The molecule has 3 fully saturated rings. The molecule has 0 saturated carbocycles. The van der Waals surface area contributed by atoms with Crippen LogP contribution in [-0.2, 0) is 14.3 Å². The van der Waals surface area contributed by atoms with Gasteiger partial charge in [0.15, 0.2) is 0 Å². The lowest BCUT2D eigenvalue weighted by atomic mass is 9.91. The number of imide groups is 1. The molecule has 0 aliphatic carbocycles. The quantitative estimate of drug-likeness (QED) is 0.729. The number of carbonyl (C=O) groups is 4. The summed E-state index contributed by atoms with van der Waals surface area (Å²) in [5, 5.41) is 2.41. The van der Waals surface area contributed by atoms with Gasteiger partial charge in [-0.2, -0.15) is 0 Å². The minimum absolute atomic E-state index is 0.0670. The number of urea groups is 1. The Morgan fingerprint density at radius 3 is 2.50 bits per heavy atom. The molecule has 1 atom stereocenters. The van der Waals surface area contributed by atoms with Crippen LogP contribution >= 0.6 is 0 Å². The van der Waals surface area contributed by atoms with E-state index in [-0.39, 0.29) is 31.0 Å². The summed E-state index contributed by atoms with van der Waals surface area (Å²) < 4.78 is 5.76. The van der Waals surface area contributed by atoms with Gasteiger partial charge in [-0.15, -0.1) is 0 Å². The Morgan fingerprint density at radius 1 is 1.17 bits per heavy atom. The van der Waals surface area contributed by atoms with E-state index in [2.05, 4.69) is 24.4 Å². The molecule has 0 bridgehead atoms. The van der Waals surface area contributed by atoms with E-state index in [9.17, 15) is 19.2 Å². The average molecular weight is 414 g/mol. The van der Waals surface area contributed by atoms with Crippen LogP contribution in [0.4, 0.5) is 9.59 Å². The third kappa shape index (κ3) is 3.96. The largest absolute Gasteiger partial charge is 0.441 e. The molecule has 1 spiro atoms. The zero-order valence-electron chi connectivity index (χ0n) is 17.0. The van der Waals surface area contributed by atoms with Gasteiger partial charge in [-0.25, -0.2) is 9.59 Å². The van der Waals surface area contributed by atoms with Crippen molar-refractivity contribution in [1.29, 1.82) is 0 Å². The third-order valence-electron chi connectivity index (χ3n) is 6.16. The molecule has 1 aromatic carbocycles. The lowest BCUT2D eigenvalue weighted by Crippen LogP contribution is -2.51. The first-order valence-electron chi connectivity index (χ1n) is 10.3. The van der Waals surface area contributed by atoms with Crippen LogP contribution in [0.25, 0.3) is 0 Å². The molecular formula is C21H26N4O5. The van der Waals surface area contributed by atoms with Crippen LogP contribution in [-0.4, -0.2) is 83.5 Å². The van der Waals surface area contributed by atoms with Crippen molar-refractivity contribution in [3.05, 3.63) is 35.9 Å². The molecule has 3 aliphatic heterocycles. The monoisotopic (exact) mass is 414 g/mol. The first-order chi connectivity index (χ1) is 14.4. The van der Waals surface area contributed by atoms with Crippen molar-refractivity contribution in [2.75, 3.05) is 39.3 Å². The molecule has 0 unspecified atom stereocenters. The van der Waals surface area contributed by atoms with E-state index in [1.807, 2.05) is 18.2 Å². The van der Waals surface area contributed by atoms with Gasteiger partial charge in [-0.3, -0.25) is 14.5 Å². The van der Waals surface area contributed by atoms with Gasteiger partial charge in [0.1, 0.15) is 12.1 Å². The van der Waals surface area contributed by atoms with E-state index in [1.54, 1.807) is 9.80 Å². The lowest BCUT2D eigenvalue weighted by molar-refractivity contribution is -0.139. The fourth-order valence-electron chi connectivity index (χ4n) is 4.33. The van der Waals surface area contributed by atoms with Crippen LogP contribution < -0.4 is 5.32 Å². The number of carbonyl (C=O) groups excluding carboxylic acids is 4. The van der Waals surface area contributed by atoms with Gasteiger partial charge >= 0.3 is 12.1 Å². The Balaban J connectivity index is 1.31. The van der Waals surface area contributed by atoms with E-state index < -0.39 is 17.5 Å². The highest BCUT2D eigenvalue weighted by molar-refractivity contribution is 6.04. The lowest BCUT2D eigenvalue weighted by Gasteiger charge is -2.37. The number of amides is 5. The van der Waals surface area contributed by atoms with Crippen LogP contribution in [0, 0.1) is 0 Å². The van der Waals surface area contributed by atoms with Gasteiger partial charge in [0.2, 0.25) is 5.91 Å². The summed E-state index contributed by atoms with van der Waals surface area (Å²) in [4.78, 5) is 52.6. The summed E-state index contributed by atoms with van der Waals surface area (Å²) in [5.74, 6) is -0.469. The van der Waals surface area contributed by atoms with Crippen LogP contribution in [0.5, 0.6) is 0 Å². The van der Waals surface area contributed by atoms with Gasteiger partial charge in [-0.05, 0) is 11.5 Å².